The second kappa shape index (κ2) is 11.8. The minimum absolute atomic E-state index is 0.107. The van der Waals surface area contributed by atoms with Gasteiger partial charge >= 0.3 is 0 Å². The lowest BCUT2D eigenvalue weighted by Gasteiger charge is -2.50. The van der Waals surface area contributed by atoms with Gasteiger partial charge < -0.3 is 15.2 Å². The van der Waals surface area contributed by atoms with Crippen LogP contribution < -0.4 is 10.5 Å². The number of rotatable bonds is 12. The molecule has 2 N–H and O–H groups in total. The van der Waals surface area contributed by atoms with Crippen molar-refractivity contribution in [1.29, 1.82) is 0 Å². The summed E-state index contributed by atoms with van der Waals surface area (Å²) in [4.78, 5) is 15.6. The molecule has 1 aliphatic rings. The number of hydrogen-bond donors (Lipinski definition) is 1. The van der Waals surface area contributed by atoms with Gasteiger partial charge in [-0.05, 0) is 62.4 Å². The molecule has 1 fully saturated rings. The quantitative estimate of drug-likeness (QED) is 0.319. The van der Waals surface area contributed by atoms with E-state index in [0.29, 0.717) is 13.0 Å². The Morgan fingerprint density at radius 1 is 0.946 bits per heavy atom. The lowest BCUT2D eigenvalue weighted by molar-refractivity contribution is -0.123. The smallest absolute Gasteiger partial charge is 0.232 e. The number of carbonyl (C=O) groups is 1. The maximum absolute atomic E-state index is 13.1. The molecule has 0 radical (unpaired) electrons. The van der Waals surface area contributed by atoms with E-state index in [1.165, 1.54) is 0 Å². The summed E-state index contributed by atoms with van der Waals surface area (Å²) >= 11 is 0. The van der Waals surface area contributed by atoms with E-state index < -0.39 is 5.41 Å². The topological polar surface area (TPSA) is 64.8 Å². The molecule has 0 aromatic heterocycles. The summed E-state index contributed by atoms with van der Waals surface area (Å²) < 4.78 is 11.7. The Kier molecular flexibility index (Phi) is 8.47. The van der Waals surface area contributed by atoms with Gasteiger partial charge in [-0.3, -0.25) is 9.69 Å². The highest BCUT2D eigenvalue weighted by atomic mass is 16.5. The molecule has 0 unspecified atom stereocenters. The van der Waals surface area contributed by atoms with Crippen LogP contribution in [0.15, 0.2) is 97.3 Å². The Balaban J connectivity index is 1.39. The first-order valence-corrected chi connectivity index (χ1v) is 13.0. The van der Waals surface area contributed by atoms with Crippen molar-refractivity contribution in [3.8, 4) is 5.75 Å². The normalized spacial score (nSPS) is 15.0. The van der Waals surface area contributed by atoms with Crippen molar-refractivity contribution in [3.05, 3.63) is 114 Å². The number of hydrogen-bond acceptors (Lipinski definition) is 4. The van der Waals surface area contributed by atoms with Crippen molar-refractivity contribution in [2.75, 3.05) is 13.1 Å². The molecule has 37 heavy (non-hydrogen) atoms. The molecular weight excluding hydrogens is 460 g/mol. The molecule has 5 heteroatoms. The van der Waals surface area contributed by atoms with Gasteiger partial charge in [-0.2, -0.15) is 0 Å². The van der Waals surface area contributed by atoms with E-state index in [4.69, 9.17) is 15.2 Å². The fourth-order valence-electron chi connectivity index (χ4n) is 5.07. The van der Waals surface area contributed by atoms with Crippen molar-refractivity contribution >= 4 is 5.91 Å². The van der Waals surface area contributed by atoms with E-state index >= 15 is 0 Å². The van der Waals surface area contributed by atoms with Gasteiger partial charge in [-0.15, -0.1) is 0 Å². The third kappa shape index (κ3) is 6.12. The SMILES string of the molecule is C/C=C\Oc1cccc(COC2CN(C(C)(C)CCC(C(N)=O)(c3ccccc3)c3ccccc3)C2)c1. The van der Waals surface area contributed by atoms with Crippen molar-refractivity contribution in [2.24, 2.45) is 5.73 Å². The zero-order chi connectivity index (χ0) is 26.3. The molecule has 3 aromatic rings. The number of nitrogens with two attached hydrogens (primary N) is 1. The Labute approximate surface area is 220 Å². The molecular formula is C32H38N2O3. The van der Waals surface area contributed by atoms with Gasteiger partial charge in [0, 0.05) is 18.6 Å². The molecule has 194 valence electrons. The molecule has 3 aromatic carbocycles. The summed E-state index contributed by atoms with van der Waals surface area (Å²) in [6.45, 7) is 8.69. The summed E-state index contributed by atoms with van der Waals surface area (Å²) in [5.74, 6) is 0.497. The summed E-state index contributed by atoms with van der Waals surface area (Å²) in [5.41, 5.74) is 8.15. The summed E-state index contributed by atoms with van der Waals surface area (Å²) in [6, 6.07) is 27.9. The number of ether oxygens (including phenoxy) is 2. The Morgan fingerprint density at radius 3 is 2.14 bits per heavy atom. The lowest BCUT2D eigenvalue weighted by atomic mass is 9.69. The molecule has 0 bridgehead atoms. The van der Waals surface area contributed by atoms with Crippen LogP contribution in [0.5, 0.6) is 5.75 Å². The standard InChI is InChI=1S/C32H38N2O3/c1-4-20-36-28-17-11-12-25(21-28)24-37-29-22-34(23-29)31(2,3)18-19-32(30(33)35,26-13-7-5-8-14-26)27-15-9-6-10-16-27/h4-17,20-21,29H,18-19,22-24H2,1-3H3,(H2,33,35)/b20-4-. The highest BCUT2D eigenvalue weighted by Gasteiger charge is 2.44. The second-order valence-electron chi connectivity index (χ2n) is 10.4. The van der Waals surface area contributed by atoms with Crippen LogP contribution >= 0.6 is 0 Å². The van der Waals surface area contributed by atoms with Crippen LogP contribution in [-0.2, 0) is 21.6 Å². The summed E-state index contributed by atoms with van der Waals surface area (Å²) in [5, 5.41) is 0. The molecule has 0 spiro atoms. The number of allylic oxidation sites excluding steroid dienone is 1. The van der Waals surface area contributed by atoms with E-state index in [2.05, 4.69) is 24.8 Å². The predicted octanol–water partition coefficient (Wildman–Crippen LogP) is 5.83. The lowest BCUT2D eigenvalue weighted by Crippen LogP contribution is -2.61. The Morgan fingerprint density at radius 2 is 1.57 bits per heavy atom. The molecule has 4 rings (SSSR count). The van der Waals surface area contributed by atoms with Crippen LogP contribution in [0, 0.1) is 0 Å². The van der Waals surface area contributed by atoms with Crippen LogP contribution in [0.1, 0.15) is 50.3 Å². The largest absolute Gasteiger partial charge is 0.465 e. The van der Waals surface area contributed by atoms with Gasteiger partial charge in [-0.1, -0.05) is 78.9 Å². The van der Waals surface area contributed by atoms with Gasteiger partial charge in [0.05, 0.1) is 24.4 Å². The fraction of sp³-hybridized carbons (Fsp3) is 0.344. The van der Waals surface area contributed by atoms with E-state index in [-0.39, 0.29) is 17.6 Å². The minimum Gasteiger partial charge on any atom is -0.465 e. The maximum atomic E-state index is 13.1. The van der Waals surface area contributed by atoms with Crippen molar-refractivity contribution in [2.45, 2.75) is 57.3 Å². The zero-order valence-electron chi connectivity index (χ0n) is 22.1. The van der Waals surface area contributed by atoms with E-state index in [0.717, 1.165) is 42.0 Å². The van der Waals surface area contributed by atoms with E-state index in [1.807, 2.05) is 91.9 Å². The summed E-state index contributed by atoms with van der Waals surface area (Å²) in [6.07, 6.45) is 5.17. The van der Waals surface area contributed by atoms with Gasteiger partial charge in [0.2, 0.25) is 5.91 Å². The molecule has 1 aliphatic heterocycles. The summed E-state index contributed by atoms with van der Waals surface area (Å²) in [7, 11) is 0. The first kappa shape index (κ1) is 26.6. The third-order valence-corrected chi connectivity index (χ3v) is 7.49. The fourth-order valence-corrected chi connectivity index (χ4v) is 5.07. The van der Waals surface area contributed by atoms with Gasteiger partial charge in [-0.25, -0.2) is 0 Å². The van der Waals surface area contributed by atoms with Crippen LogP contribution in [0.4, 0.5) is 0 Å². The molecule has 5 nitrogen and oxygen atoms in total. The number of carbonyl (C=O) groups excluding carboxylic acids is 1. The predicted molar refractivity (Wildman–Crippen MR) is 148 cm³/mol. The number of benzene rings is 3. The van der Waals surface area contributed by atoms with Gasteiger partial charge in [0.25, 0.3) is 0 Å². The van der Waals surface area contributed by atoms with E-state index in [9.17, 15) is 4.79 Å². The number of primary amides is 1. The van der Waals surface area contributed by atoms with Crippen LogP contribution in [0.3, 0.4) is 0 Å². The zero-order valence-corrected chi connectivity index (χ0v) is 22.1. The Hall–Kier alpha value is -3.41. The maximum Gasteiger partial charge on any atom is 0.232 e. The average Bonchev–Trinajstić information content (AvgIpc) is 2.88. The Bertz CT molecular complexity index is 1150. The van der Waals surface area contributed by atoms with Crippen LogP contribution in [0.2, 0.25) is 0 Å². The number of amides is 1. The van der Waals surface area contributed by atoms with Gasteiger partial charge in [0.15, 0.2) is 0 Å². The highest BCUT2D eigenvalue weighted by Crippen LogP contribution is 2.40. The van der Waals surface area contributed by atoms with Crippen molar-refractivity contribution in [1.82, 2.24) is 4.90 Å². The number of likely N-dealkylation sites (tertiary alicyclic amines) is 1. The van der Waals surface area contributed by atoms with Crippen molar-refractivity contribution in [3.63, 3.8) is 0 Å². The second-order valence-corrected chi connectivity index (χ2v) is 10.4. The molecule has 1 amide bonds. The van der Waals surface area contributed by atoms with Gasteiger partial charge in [0.1, 0.15) is 5.75 Å². The monoisotopic (exact) mass is 498 g/mol. The molecule has 1 saturated heterocycles. The van der Waals surface area contributed by atoms with E-state index in [1.54, 1.807) is 6.26 Å². The number of nitrogens with zero attached hydrogens (tertiary/aromatic N) is 1. The first-order valence-electron chi connectivity index (χ1n) is 13.0. The first-order chi connectivity index (χ1) is 17.8. The molecule has 0 saturated carbocycles. The highest BCUT2D eigenvalue weighted by molar-refractivity contribution is 5.90. The molecule has 0 atom stereocenters. The van der Waals surface area contributed by atoms with Crippen molar-refractivity contribution < 1.29 is 14.3 Å². The minimum atomic E-state index is -0.874. The van der Waals surface area contributed by atoms with Crippen LogP contribution in [-0.4, -0.2) is 35.5 Å². The molecule has 0 aliphatic carbocycles. The third-order valence-electron chi connectivity index (χ3n) is 7.49. The van der Waals surface area contributed by atoms with Crippen LogP contribution in [0.25, 0.3) is 0 Å². The average molecular weight is 499 g/mol. The molecule has 1 heterocycles.